The lowest BCUT2D eigenvalue weighted by Gasteiger charge is -2.15. The smallest absolute Gasteiger partial charge is 0.324 e. The Hall–Kier alpha value is -2.57. The number of benzene rings is 1. The molecule has 0 bridgehead atoms. The van der Waals surface area contributed by atoms with Gasteiger partial charge in [-0.25, -0.2) is 4.79 Å². The molecule has 0 unspecified atom stereocenters. The largest absolute Gasteiger partial charge is 0.356 e. The third-order valence-electron chi connectivity index (χ3n) is 4.37. The zero-order valence-electron chi connectivity index (χ0n) is 15.8. The van der Waals surface area contributed by atoms with Crippen LogP contribution >= 0.6 is 0 Å². The average molecular weight is 359 g/mol. The Balaban J connectivity index is 1.64. The van der Waals surface area contributed by atoms with Gasteiger partial charge in [-0.3, -0.25) is 14.7 Å². The molecule has 0 saturated carbocycles. The predicted molar refractivity (Wildman–Crippen MR) is 103 cm³/mol. The maximum absolute atomic E-state index is 11.5. The summed E-state index contributed by atoms with van der Waals surface area (Å²) in [6, 6.07) is 8.46. The molecule has 0 spiro atoms. The maximum atomic E-state index is 11.5. The van der Waals surface area contributed by atoms with Crippen molar-refractivity contribution in [2.45, 2.75) is 32.6 Å². The number of carbonyl (C=O) groups is 2. The second-order valence-electron chi connectivity index (χ2n) is 6.63. The number of aryl methyl sites for hydroxylation is 1. The van der Waals surface area contributed by atoms with E-state index in [0.717, 1.165) is 19.4 Å². The molecule has 7 heteroatoms. The van der Waals surface area contributed by atoms with Gasteiger partial charge in [0.1, 0.15) is 0 Å². The molecule has 1 aromatic carbocycles. The minimum absolute atomic E-state index is 0.0873. The van der Waals surface area contributed by atoms with Crippen molar-refractivity contribution >= 4 is 17.9 Å². The van der Waals surface area contributed by atoms with Gasteiger partial charge in [-0.1, -0.05) is 38.1 Å². The SMILES string of the molecule is CN=C(NCCCc1ccc(C(C)C)cc1)NCCN1C(=O)CNC1=O. The van der Waals surface area contributed by atoms with E-state index in [1.807, 2.05) is 0 Å². The number of nitrogens with zero attached hydrogens (tertiary/aromatic N) is 2. The van der Waals surface area contributed by atoms with Gasteiger partial charge in [0.25, 0.3) is 0 Å². The maximum Gasteiger partial charge on any atom is 0.324 e. The summed E-state index contributed by atoms with van der Waals surface area (Å²) in [5, 5.41) is 8.88. The number of guanidine groups is 1. The van der Waals surface area contributed by atoms with Crippen LogP contribution in [0.15, 0.2) is 29.3 Å². The minimum atomic E-state index is -0.330. The molecule has 0 radical (unpaired) electrons. The summed E-state index contributed by atoms with van der Waals surface area (Å²) in [5.74, 6) is 1.04. The first-order valence-corrected chi connectivity index (χ1v) is 9.13. The van der Waals surface area contributed by atoms with Gasteiger partial charge < -0.3 is 16.0 Å². The van der Waals surface area contributed by atoms with Crippen molar-refractivity contribution in [3.05, 3.63) is 35.4 Å². The number of urea groups is 1. The topological polar surface area (TPSA) is 85.8 Å². The van der Waals surface area contributed by atoms with Crippen LogP contribution in [0.5, 0.6) is 0 Å². The molecule has 3 amide bonds. The van der Waals surface area contributed by atoms with E-state index in [-0.39, 0.29) is 18.5 Å². The van der Waals surface area contributed by atoms with Crippen LogP contribution in [-0.4, -0.2) is 56.0 Å². The lowest BCUT2D eigenvalue weighted by atomic mass is 10.0. The minimum Gasteiger partial charge on any atom is -0.356 e. The Morgan fingerprint density at radius 1 is 1.19 bits per heavy atom. The van der Waals surface area contributed by atoms with E-state index >= 15 is 0 Å². The highest BCUT2D eigenvalue weighted by Gasteiger charge is 2.27. The highest BCUT2D eigenvalue weighted by Crippen LogP contribution is 2.15. The number of aliphatic imine (C=N–C) groups is 1. The second kappa shape index (κ2) is 9.79. The Kier molecular flexibility index (Phi) is 7.44. The van der Waals surface area contributed by atoms with Crippen LogP contribution in [0.2, 0.25) is 0 Å². The zero-order valence-corrected chi connectivity index (χ0v) is 15.8. The molecule has 7 nitrogen and oxygen atoms in total. The fourth-order valence-electron chi connectivity index (χ4n) is 2.76. The van der Waals surface area contributed by atoms with Crippen molar-refractivity contribution in [3.63, 3.8) is 0 Å². The van der Waals surface area contributed by atoms with Crippen molar-refractivity contribution < 1.29 is 9.59 Å². The predicted octanol–water partition coefficient (Wildman–Crippen LogP) is 1.46. The quantitative estimate of drug-likeness (QED) is 0.284. The molecule has 0 atom stereocenters. The number of amides is 3. The number of hydrogen-bond donors (Lipinski definition) is 3. The first kappa shape index (κ1) is 19.8. The lowest BCUT2D eigenvalue weighted by molar-refractivity contribution is -0.124. The molecule has 2 rings (SSSR count). The van der Waals surface area contributed by atoms with Crippen molar-refractivity contribution in [1.82, 2.24) is 20.9 Å². The molecule has 1 heterocycles. The van der Waals surface area contributed by atoms with Gasteiger partial charge in [0, 0.05) is 26.7 Å². The molecule has 1 aromatic rings. The molecule has 142 valence electrons. The van der Waals surface area contributed by atoms with Gasteiger partial charge >= 0.3 is 6.03 Å². The van der Waals surface area contributed by atoms with Gasteiger partial charge in [-0.15, -0.1) is 0 Å². The van der Waals surface area contributed by atoms with Crippen molar-refractivity contribution in [2.75, 3.05) is 33.2 Å². The van der Waals surface area contributed by atoms with E-state index in [9.17, 15) is 9.59 Å². The molecule has 1 fully saturated rings. The highest BCUT2D eigenvalue weighted by atomic mass is 16.2. The summed E-state index contributed by atoms with van der Waals surface area (Å²) in [5.41, 5.74) is 2.69. The first-order valence-electron chi connectivity index (χ1n) is 9.13. The zero-order chi connectivity index (χ0) is 18.9. The van der Waals surface area contributed by atoms with E-state index in [4.69, 9.17) is 0 Å². The molecule has 1 saturated heterocycles. The number of hydrogen-bond acceptors (Lipinski definition) is 3. The fourth-order valence-corrected chi connectivity index (χ4v) is 2.76. The summed E-state index contributed by atoms with van der Waals surface area (Å²) in [7, 11) is 1.70. The van der Waals surface area contributed by atoms with Crippen LogP contribution in [0, 0.1) is 0 Å². The monoisotopic (exact) mass is 359 g/mol. The molecular formula is C19H29N5O2. The lowest BCUT2D eigenvalue weighted by Crippen LogP contribution is -2.43. The Labute approximate surface area is 155 Å². The van der Waals surface area contributed by atoms with Gasteiger partial charge in [-0.05, 0) is 29.9 Å². The molecule has 1 aliphatic heterocycles. The number of rotatable bonds is 8. The summed E-state index contributed by atoms with van der Waals surface area (Å²) < 4.78 is 0. The number of nitrogens with one attached hydrogen (secondary N) is 3. The van der Waals surface area contributed by atoms with Gasteiger partial charge in [-0.2, -0.15) is 0 Å². The standard InChI is InChI=1S/C19H29N5O2/c1-14(2)16-8-6-15(7-9-16)5-4-10-21-18(20-3)22-11-12-24-17(25)13-23-19(24)26/h6-9,14H,4-5,10-13H2,1-3H3,(H,23,26)(H2,20,21,22). The summed E-state index contributed by atoms with van der Waals surface area (Å²) in [6.45, 7) is 6.08. The summed E-state index contributed by atoms with van der Waals surface area (Å²) >= 11 is 0. The van der Waals surface area contributed by atoms with Crippen LogP contribution in [0.25, 0.3) is 0 Å². The van der Waals surface area contributed by atoms with Crippen LogP contribution in [0.1, 0.15) is 37.3 Å². The van der Waals surface area contributed by atoms with E-state index in [1.165, 1.54) is 16.0 Å². The van der Waals surface area contributed by atoms with Crippen LogP contribution in [-0.2, 0) is 11.2 Å². The molecule has 3 N–H and O–H groups in total. The van der Waals surface area contributed by atoms with E-state index in [2.05, 4.69) is 59.1 Å². The number of imide groups is 1. The molecule has 0 aliphatic carbocycles. The molecule has 1 aliphatic rings. The Bertz CT molecular complexity index is 624. The summed E-state index contributed by atoms with van der Waals surface area (Å²) in [4.78, 5) is 28.3. The molecular weight excluding hydrogens is 330 g/mol. The van der Waals surface area contributed by atoms with E-state index < -0.39 is 0 Å². The summed E-state index contributed by atoms with van der Waals surface area (Å²) in [6.07, 6.45) is 2.00. The Morgan fingerprint density at radius 2 is 1.88 bits per heavy atom. The van der Waals surface area contributed by atoms with Crippen molar-refractivity contribution in [3.8, 4) is 0 Å². The van der Waals surface area contributed by atoms with Crippen molar-refractivity contribution in [2.24, 2.45) is 4.99 Å². The van der Waals surface area contributed by atoms with Crippen LogP contribution in [0.3, 0.4) is 0 Å². The normalized spacial score (nSPS) is 14.8. The third-order valence-corrected chi connectivity index (χ3v) is 4.37. The van der Waals surface area contributed by atoms with Crippen LogP contribution < -0.4 is 16.0 Å². The highest BCUT2D eigenvalue weighted by molar-refractivity contribution is 6.01. The second-order valence-corrected chi connectivity index (χ2v) is 6.63. The van der Waals surface area contributed by atoms with Crippen LogP contribution in [0.4, 0.5) is 4.79 Å². The van der Waals surface area contributed by atoms with E-state index in [0.29, 0.717) is 25.0 Å². The molecule has 0 aromatic heterocycles. The third kappa shape index (κ3) is 5.75. The van der Waals surface area contributed by atoms with Gasteiger partial charge in [0.15, 0.2) is 5.96 Å². The van der Waals surface area contributed by atoms with Gasteiger partial charge in [0.05, 0.1) is 6.54 Å². The average Bonchev–Trinajstić information content (AvgIpc) is 2.95. The van der Waals surface area contributed by atoms with Crippen molar-refractivity contribution in [1.29, 1.82) is 0 Å². The fraction of sp³-hybridized carbons (Fsp3) is 0.526. The molecule has 26 heavy (non-hydrogen) atoms. The Morgan fingerprint density at radius 3 is 2.46 bits per heavy atom. The first-order chi connectivity index (χ1) is 12.5. The van der Waals surface area contributed by atoms with E-state index in [1.54, 1.807) is 7.05 Å². The van der Waals surface area contributed by atoms with Gasteiger partial charge in [0.2, 0.25) is 5.91 Å². The number of carbonyl (C=O) groups excluding carboxylic acids is 2.